The number of carbonyl (C=O) groups excluding carboxylic acids is 1. The highest BCUT2D eigenvalue weighted by Crippen LogP contribution is 2.47. The van der Waals surface area contributed by atoms with Gasteiger partial charge in [-0.15, -0.1) is 0 Å². The number of carbonyl (C=O) groups is 1. The lowest BCUT2D eigenvalue weighted by Crippen LogP contribution is -2.58. The van der Waals surface area contributed by atoms with Crippen LogP contribution in [0.15, 0.2) is 36.1 Å². The number of aliphatic hydroxyl groups excluding tert-OH is 1. The third-order valence-electron chi connectivity index (χ3n) is 6.58. The maximum Gasteiger partial charge on any atom is 0.337 e. The average molecular weight is 372 g/mol. The summed E-state index contributed by atoms with van der Waals surface area (Å²) in [7, 11) is 1.37. The van der Waals surface area contributed by atoms with Crippen molar-refractivity contribution in [2.75, 3.05) is 20.2 Å². The normalized spacial score (nSPS) is 32.7. The monoisotopic (exact) mass is 372 g/mol. The summed E-state index contributed by atoms with van der Waals surface area (Å²) in [5.41, 5.74) is 3.91. The summed E-state index contributed by atoms with van der Waals surface area (Å²) < 4.78 is 10.7. The molecule has 1 saturated heterocycles. The van der Waals surface area contributed by atoms with Crippen molar-refractivity contribution in [3.05, 3.63) is 47.4 Å². The van der Waals surface area contributed by atoms with Gasteiger partial charge in [0, 0.05) is 44.4 Å². The number of hydrogen-bond acceptors (Lipinski definition) is 5. The van der Waals surface area contributed by atoms with E-state index in [-0.39, 0.29) is 26.8 Å². The largest absolute Gasteiger partial charge is 0.497 e. The number of H-pyrrole nitrogens is 1. The van der Waals surface area contributed by atoms with Crippen LogP contribution in [0.5, 0.6) is 0 Å². The van der Waals surface area contributed by atoms with Crippen LogP contribution in [-0.4, -0.2) is 53.4 Å². The number of methoxy groups -OCH3 is 1. The standard InChI is InChI=1S/C21H24N2O4.2H2/c1-11-14-9-23-8-7-13-12-5-3-4-6-16(12)22-18(13)19(23)20(24)17(14)15(10-27-11)21(25)26-2;;/h3-6,10-11,14,17,19-20,22,24H,7-9H2,1-2H3;2*1H/t11-,14?,17?,19+,20-;;/m1../s1. The molecule has 2 unspecified atom stereocenters. The van der Waals surface area contributed by atoms with Gasteiger partial charge in [0.25, 0.3) is 0 Å². The lowest BCUT2D eigenvalue weighted by molar-refractivity contribution is -0.143. The Morgan fingerprint density at radius 2 is 2.22 bits per heavy atom. The van der Waals surface area contributed by atoms with E-state index in [1.54, 1.807) is 0 Å². The fraction of sp³-hybridized carbons (Fsp3) is 0.476. The molecule has 146 valence electrons. The molecule has 6 heteroatoms. The number of esters is 1. The van der Waals surface area contributed by atoms with E-state index in [4.69, 9.17) is 9.47 Å². The SMILES string of the molecule is COC(=O)C1=CO[C@H](C)C2CN3CCc4c([nH]c5ccccc45)[C@H]3[C@H](O)C12.[HH].[HH]. The second-order valence-electron chi connectivity index (χ2n) is 7.84. The molecular weight excluding hydrogens is 344 g/mol. The van der Waals surface area contributed by atoms with Gasteiger partial charge < -0.3 is 19.6 Å². The maximum absolute atomic E-state index is 12.3. The van der Waals surface area contributed by atoms with Crippen molar-refractivity contribution in [1.82, 2.24) is 9.88 Å². The van der Waals surface area contributed by atoms with Crippen LogP contribution in [0.3, 0.4) is 0 Å². The summed E-state index contributed by atoms with van der Waals surface area (Å²) in [6.45, 7) is 3.69. The number of nitrogens with one attached hydrogen (secondary N) is 1. The number of hydrogen-bond donors (Lipinski definition) is 2. The van der Waals surface area contributed by atoms with Crippen LogP contribution < -0.4 is 0 Å². The molecule has 3 aliphatic heterocycles. The van der Waals surface area contributed by atoms with Gasteiger partial charge in [0.1, 0.15) is 0 Å². The number of nitrogens with zero attached hydrogens (tertiary/aromatic N) is 1. The Hall–Kier alpha value is -2.31. The van der Waals surface area contributed by atoms with Crippen LogP contribution in [0, 0.1) is 11.8 Å². The van der Waals surface area contributed by atoms with Crippen LogP contribution in [0.25, 0.3) is 10.9 Å². The van der Waals surface area contributed by atoms with Gasteiger partial charge in [-0.1, -0.05) is 18.2 Å². The first-order valence-corrected chi connectivity index (χ1v) is 9.55. The van der Waals surface area contributed by atoms with Crippen molar-refractivity contribution in [3.8, 4) is 0 Å². The van der Waals surface area contributed by atoms with E-state index in [9.17, 15) is 9.90 Å². The molecule has 2 aromatic rings. The number of aliphatic hydroxyl groups is 1. The molecule has 0 spiro atoms. The molecule has 4 heterocycles. The summed E-state index contributed by atoms with van der Waals surface area (Å²) in [5.74, 6) is -0.654. The molecule has 0 saturated carbocycles. The highest BCUT2D eigenvalue weighted by Gasteiger charge is 2.52. The van der Waals surface area contributed by atoms with E-state index in [0.29, 0.717) is 5.57 Å². The number of benzene rings is 1. The van der Waals surface area contributed by atoms with Gasteiger partial charge in [0.2, 0.25) is 0 Å². The Kier molecular flexibility index (Phi) is 3.81. The molecule has 0 aliphatic carbocycles. The molecule has 2 N–H and O–H groups in total. The first-order chi connectivity index (χ1) is 13.1. The zero-order valence-corrected chi connectivity index (χ0v) is 15.5. The van der Waals surface area contributed by atoms with Crippen molar-refractivity contribution < 1.29 is 22.2 Å². The molecule has 3 aliphatic rings. The molecule has 5 atom stereocenters. The Morgan fingerprint density at radius 1 is 1.41 bits per heavy atom. The number of aromatic nitrogens is 1. The smallest absolute Gasteiger partial charge is 0.337 e. The van der Waals surface area contributed by atoms with Gasteiger partial charge in [0.05, 0.1) is 37.2 Å². The lowest BCUT2D eigenvalue weighted by Gasteiger charge is -2.51. The predicted octanol–water partition coefficient (Wildman–Crippen LogP) is 2.64. The molecular formula is C21H28N2O4. The van der Waals surface area contributed by atoms with Crippen molar-refractivity contribution in [2.45, 2.75) is 31.6 Å². The second kappa shape index (κ2) is 6.11. The van der Waals surface area contributed by atoms with E-state index in [2.05, 4.69) is 28.1 Å². The minimum atomic E-state index is -0.701. The summed E-state index contributed by atoms with van der Waals surface area (Å²) in [4.78, 5) is 18.2. The lowest BCUT2D eigenvalue weighted by atomic mass is 9.70. The van der Waals surface area contributed by atoms with Gasteiger partial charge in [-0.3, -0.25) is 4.90 Å². The first-order valence-electron chi connectivity index (χ1n) is 9.55. The Labute approximate surface area is 160 Å². The van der Waals surface area contributed by atoms with Crippen LogP contribution in [0.4, 0.5) is 0 Å². The number of aromatic amines is 1. The summed E-state index contributed by atoms with van der Waals surface area (Å²) in [6, 6.07) is 8.13. The fourth-order valence-corrected chi connectivity index (χ4v) is 5.26. The van der Waals surface area contributed by atoms with Crippen LogP contribution in [-0.2, 0) is 20.7 Å². The quantitative estimate of drug-likeness (QED) is 0.753. The number of piperidine rings is 1. The molecule has 27 heavy (non-hydrogen) atoms. The molecule has 1 fully saturated rings. The van der Waals surface area contributed by atoms with Crippen molar-refractivity contribution >= 4 is 16.9 Å². The zero-order chi connectivity index (χ0) is 18.7. The third kappa shape index (κ3) is 2.36. The van der Waals surface area contributed by atoms with Crippen molar-refractivity contribution in [3.63, 3.8) is 0 Å². The minimum Gasteiger partial charge on any atom is -0.497 e. The average Bonchev–Trinajstić information content (AvgIpc) is 3.06. The topological polar surface area (TPSA) is 74.8 Å². The Bertz CT molecular complexity index is 944. The molecule has 0 radical (unpaired) electrons. The first kappa shape index (κ1) is 16.8. The summed E-state index contributed by atoms with van der Waals surface area (Å²) in [6.07, 6.45) is 1.69. The summed E-state index contributed by atoms with van der Waals surface area (Å²) >= 11 is 0. The minimum absolute atomic E-state index is 0. The fourth-order valence-electron chi connectivity index (χ4n) is 5.26. The number of ether oxygens (including phenoxy) is 2. The molecule has 1 aromatic carbocycles. The number of rotatable bonds is 1. The third-order valence-corrected chi connectivity index (χ3v) is 6.58. The molecule has 0 bridgehead atoms. The van der Waals surface area contributed by atoms with E-state index in [1.807, 2.05) is 13.0 Å². The van der Waals surface area contributed by atoms with Gasteiger partial charge in [-0.05, 0) is 25.0 Å². The van der Waals surface area contributed by atoms with E-state index < -0.39 is 12.1 Å². The molecule has 1 aromatic heterocycles. The Morgan fingerprint density at radius 3 is 3.04 bits per heavy atom. The number of fused-ring (bicyclic) bond motifs is 6. The molecule has 0 amide bonds. The second-order valence-corrected chi connectivity index (χ2v) is 7.84. The number of para-hydroxylation sites is 1. The van der Waals surface area contributed by atoms with Gasteiger partial charge in [-0.25, -0.2) is 4.79 Å². The van der Waals surface area contributed by atoms with Crippen molar-refractivity contribution in [2.24, 2.45) is 11.8 Å². The van der Waals surface area contributed by atoms with Crippen LogP contribution in [0.2, 0.25) is 0 Å². The Balaban J connectivity index is 0.00000120. The van der Waals surface area contributed by atoms with Crippen molar-refractivity contribution in [1.29, 1.82) is 0 Å². The van der Waals surface area contributed by atoms with Crippen LogP contribution in [0.1, 0.15) is 27.1 Å². The van der Waals surface area contributed by atoms with E-state index in [1.165, 1.54) is 24.3 Å². The zero-order valence-electron chi connectivity index (χ0n) is 15.5. The highest BCUT2D eigenvalue weighted by molar-refractivity contribution is 5.89. The van der Waals surface area contributed by atoms with Gasteiger partial charge in [0.15, 0.2) is 0 Å². The molecule has 5 rings (SSSR count). The van der Waals surface area contributed by atoms with Crippen LogP contribution >= 0.6 is 0 Å². The highest BCUT2D eigenvalue weighted by atomic mass is 16.5. The maximum atomic E-state index is 12.3. The predicted molar refractivity (Wildman–Crippen MR) is 104 cm³/mol. The van der Waals surface area contributed by atoms with Gasteiger partial charge >= 0.3 is 5.97 Å². The summed E-state index contributed by atoms with van der Waals surface area (Å²) in [5, 5.41) is 12.7. The van der Waals surface area contributed by atoms with E-state index >= 15 is 0 Å². The molecule has 6 nitrogen and oxygen atoms in total. The van der Waals surface area contributed by atoms with Gasteiger partial charge in [-0.2, -0.15) is 0 Å². The van der Waals surface area contributed by atoms with E-state index in [0.717, 1.165) is 30.7 Å².